The van der Waals surface area contributed by atoms with E-state index in [4.69, 9.17) is 0 Å². The van der Waals surface area contributed by atoms with Crippen LogP contribution in [0, 0.1) is 12.3 Å². The van der Waals surface area contributed by atoms with Crippen molar-refractivity contribution in [3.8, 4) is 0 Å². The van der Waals surface area contributed by atoms with Crippen LogP contribution in [0.2, 0.25) is 0 Å². The fourth-order valence-electron chi connectivity index (χ4n) is 2.07. The van der Waals surface area contributed by atoms with E-state index in [0.29, 0.717) is 0 Å². The van der Waals surface area contributed by atoms with Crippen LogP contribution in [-0.4, -0.2) is 21.6 Å². The summed E-state index contributed by atoms with van der Waals surface area (Å²) in [4.78, 5) is 16.1. The molecular formula is C17H22N2O2. The molecule has 2 N–H and O–H groups in total. The van der Waals surface area contributed by atoms with E-state index in [9.17, 15) is 9.90 Å². The van der Waals surface area contributed by atoms with Crippen LogP contribution in [-0.2, 0) is 4.79 Å². The number of carboxylic acid groups (broad SMARTS) is 1. The van der Waals surface area contributed by atoms with E-state index >= 15 is 0 Å². The first-order valence-electron chi connectivity index (χ1n) is 7.03. The highest BCUT2D eigenvalue weighted by atomic mass is 16.4. The van der Waals surface area contributed by atoms with E-state index in [1.165, 1.54) is 0 Å². The molecule has 2 aromatic rings. The molecular weight excluding hydrogens is 264 g/mol. The number of fused-ring (bicyclic) bond motifs is 1. The molecule has 1 aromatic carbocycles. The lowest BCUT2D eigenvalue weighted by Crippen LogP contribution is -2.50. The van der Waals surface area contributed by atoms with Crippen LogP contribution in [0.5, 0.6) is 0 Å². The normalized spacial score (nSPS) is 12.4. The highest BCUT2D eigenvalue weighted by molar-refractivity contribution is 5.82. The zero-order valence-electron chi connectivity index (χ0n) is 13.2. The van der Waals surface area contributed by atoms with Crippen LogP contribution in [0.1, 0.15) is 33.3 Å². The van der Waals surface area contributed by atoms with Crippen molar-refractivity contribution in [2.45, 2.75) is 40.2 Å². The Balaban J connectivity index is 2.43. The number of rotatable bonds is 4. The number of benzene rings is 1. The second kappa shape index (κ2) is 5.02. The summed E-state index contributed by atoms with van der Waals surface area (Å²) in [6.45, 7) is 9.19. The Kier molecular flexibility index (Phi) is 3.66. The lowest BCUT2D eigenvalue weighted by atomic mass is 9.74. The van der Waals surface area contributed by atoms with E-state index in [-0.39, 0.29) is 0 Å². The van der Waals surface area contributed by atoms with E-state index in [1.807, 2.05) is 45.0 Å². The van der Waals surface area contributed by atoms with Crippen LogP contribution in [0.4, 0.5) is 5.82 Å². The van der Waals surface area contributed by atoms with Gasteiger partial charge < -0.3 is 10.4 Å². The van der Waals surface area contributed by atoms with Gasteiger partial charge in [-0.15, -0.1) is 0 Å². The van der Waals surface area contributed by atoms with Crippen molar-refractivity contribution < 1.29 is 9.90 Å². The zero-order valence-corrected chi connectivity index (χ0v) is 13.2. The molecule has 0 fully saturated rings. The molecule has 0 atom stereocenters. The molecule has 0 radical (unpaired) electrons. The molecule has 0 amide bonds. The Morgan fingerprint density at radius 1 is 1.19 bits per heavy atom. The minimum Gasteiger partial charge on any atom is -0.481 e. The van der Waals surface area contributed by atoms with Crippen molar-refractivity contribution in [2.75, 3.05) is 5.32 Å². The minimum absolute atomic E-state index is 0.640. The molecule has 0 bridgehead atoms. The number of hydrogen-bond donors (Lipinski definition) is 2. The fraction of sp³-hybridized carbons (Fsp3) is 0.412. The number of anilines is 1. The van der Waals surface area contributed by atoms with Crippen molar-refractivity contribution in [3.63, 3.8) is 0 Å². The molecule has 1 aromatic heterocycles. The Bertz CT molecular complexity index is 690. The highest BCUT2D eigenvalue weighted by Crippen LogP contribution is 2.34. The monoisotopic (exact) mass is 286 g/mol. The van der Waals surface area contributed by atoms with Gasteiger partial charge in [-0.1, -0.05) is 18.2 Å². The number of hydrogen-bond acceptors (Lipinski definition) is 3. The molecule has 1 heterocycles. The smallest absolute Gasteiger partial charge is 0.311 e. The number of nitrogens with one attached hydrogen (secondary N) is 1. The summed E-state index contributed by atoms with van der Waals surface area (Å²) in [6.07, 6.45) is 0. The second-order valence-electron chi connectivity index (χ2n) is 6.53. The van der Waals surface area contributed by atoms with Crippen molar-refractivity contribution in [2.24, 2.45) is 5.41 Å². The SMILES string of the molecule is Cc1cc2ccccc2nc1NC(C)(C)C(C)(C)C(=O)O. The summed E-state index contributed by atoms with van der Waals surface area (Å²) >= 11 is 0. The lowest BCUT2D eigenvalue weighted by molar-refractivity contribution is -0.149. The number of aromatic nitrogens is 1. The van der Waals surface area contributed by atoms with Crippen molar-refractivity contribution in [1.29, 1.82) is 0 Å². The summed E-state index contributed by atoms with van der Waals surface area (Å²) in [5.74, 6) is -0.105. The Labute approximate surface area is 125 Å². The predicted molar refractivity (Wildman–Crippen MR) is 85.6 cm³/mol. The van der Waals surface area contributed by atoms with Crippen LogP contribution in [0.25, 0.3) is 10.9 Å². The van der Waals surface area contributed by atoms with Gasteiger partial charge in [-0.05, 0) is 52.3 Å². The zero-order chi connectivity index (χ0) is 15.8. The van der Waals surface area contributed by atoms with E-state index < -0.39 is 16.9 Å². The maximum absolute atomic E-state index is 11.5. The van der Waals surface area contributed by atoms with Crippen molar-refractivity contribution in [1.82, 2.24) is 4.98 Å². The third-order valence-corrected chi connectivity index (χ3v) is 4.44. The first kappa shape index (κ1) is 15.3. The molecule has 21 heavy (non-hydrogen) atoms. The quantitative estimate of drug-likeness (QED) is 0.896. The first-order valence-corrected chi connectivity index (χ1v) is 7.03. The van der Waals surface area contributed by atoms with Gasteiger partial charge in [-0.2, -0.15) is 0 Å². The number of pyridine rings is 1. The van der Waals surface area contributed by atoms with Gasteiger partial charge in [0.1, 0.15) is 5.82 Å². The first-order chi connectivity index (χ1) is 9.65. The molecule has 4 heteroatoms. The molecule has 0 unspecified atom stereocenters. The van der Waals surface area contributed by atoms with Crippen LogP contribution >= 0.6 is 0 Å². The van der Waals surface area contributed by atoms with E-state index in [1.54, 1.807) is 13.8 Å². The summed E-state index contributed by atoms with van der Waals surface area (Å²) in [6, 6.07) is 9.96. The summed E-state index contributed by atoms with van der Waals surface area (Å²) in [7, 11) is 0. The molecule has 0 aliphatic heterocycles. The van der Waals surface area contributed by atoms with Crippen molar-refractivity contribution in [3.05, 3.63) is 35.9 Å². The molecule has 0 spiro atoms. The number of carbonyl (C=O) groups is 1. The molecule has 0 saturated heterocycles. The summed E-state index contributed by atoms with van der Waals surface area (Å²) in [5, 5.41) is 13.8. The van der Waals surface area contributed by atoms with E-state index in [2.05, 4.69) is 16.4 Å². The third-order valence-electron chi connectivity index (χ3n) is 4.44. The Morgan fingerprint density at radius 3 is 2.43 bits per heavy atom. The van der Waals surface area contributed by atoms with Gasteiger partial charge in [0.15, 0.2) is 0 Å². The van der Waals surface area contributed by atoms with Gasteiger partial charge in [0, 0.05) is 10.9 Å². The fourth-order valence-corrected chi connectivity index (χ4v) is 2.07. The maximum Gasteiger partial charge on any atom is 0.311 e. The Hall–Kier alpha value is -2.10. The van der Waals surface area contributed by atoms with Crippen LogP contribution in [0.3, 0.4) is 0 Å². The largest absolute Gasteiger partial charge is 0.481 e. The van der Waals surface area contributed by atoms with Gasteiger partial charge >= 0.3 is 5.97 Å². The number of nitrogens with zero attached hydrogens (tertiary/aromatic N) is 1. The number of aliphatic carboxylic acids is 1. The highest BCUT2D eigenvalue weighted by Gasteiger charge is 2.43. The van der Waals surface area contributed by atoms with Gasteiger partial charge in [0.25, 0.3) is 0 Å². The topological polar surface area (TPSA) is 62.2 Å². The average Bonchev–Trinajstić information content (AvgIpc) is 2.39. The predicted octanol–water partition coefficient (Wildman–Crippen LogP) is 3.84. The van der Waals surface area contributed by atoms with Gasteiger partial charge in [0.2, 0.25) is 0 Å². The molecule has 2 rings (SSSR count). The Morgan fingerprint density at radius 2 is 1.81 bits per heavy atom. The maximum atomic E-state index is 11.5. The van der Waals surface area contributed by atoms with Gasteiger partial charge in [0.05, 0.1) is 10.9 Å². The second-order valence-corrected chi connectivity index (χ2v) is 6.53. The summed E-state index contributed by atoms with van der Waals surface area (Å²) < 4.78 is 0. The molecule has 0 aliphatic carbocycles. The molecule has 0 saturated carbocycles. The van der Waals surface area contributed by atoms with E-state index in [0.717, 1.165) is 22.3 Å². The van der Waals surface area contributed by atoms with Gasteiger partial charge in [-0.25, -0.2) is 4.98 Å². The average molecular weight is 286 g/mol. The number of carboxylic acids is 1. The van der Waals surface area contributed by atoms with Crippen molar-refractivity contribution >= 4 is 22.7 Å². The third kappa shape index (κ3) is 2.71. The van der Waals surface area contributed by atoms with Gasteiger partial charge in [-0.3, -0.25) is 4.79 Å². The summed E-state index contributed by atoms with van der Waals surface area (Å²) in [5.41, 5.74) is 0.337. The minimum atomic E-state index is -0.924. The number of aryl methyl sites for hydroxylation is 1. The van der Waals surface area contributed by atoms with Crippen LogP contribution in [0.15, 0.2) is 30.3 Å². The standard InChI is InChI=1S/C17H22N2O2/c1-11-10-12-8-6-7-9-13(12)18-14(11)19-17(4,5)16(2,3)15(20)21/h6-10H,1-5H3,(H,18,19)(H,20,21). The van der Waals surface area contributed by atoms with Crippen LogP contribution < -0.4 is 5.32 Å². The molecule has 112 valence electrons. The molecule has 4 nitrogen and oxygen atoms in total. The molecule has 0 aliphatic rings. The number of para-hydroxylation sites is 1. The lowest BCUT2D eigenvalue weighted by Gasteiger charge is -2.39.